The lowest BCUT2D eigenvalue weighted by molar-refractivity contribution is 0.165. The van der Waals surface area contributed by atoms with E-state index in [1.54, 1.807) is 0 Å². The normalized spacial score (nSPS) is 22.3. The van der Waals surface area contributed by atoms with Crippen molar-refractivity contribution in [2.45, 2.75) is 26.1 Å². The van der Waals surface area contributed by atoms with Gasteiger partial charge in [0, 0.05) is 31.4 Å². The molecule has 0 aromatic carbocycles. The molecule has 0 saturated heterocycles. The Hall–Kier alpha value is -0.870. The Labute approximate surface area is 71.2 Å². The van der Waals surface area contributed by atoms with Gasteiger partial charge in [-0.25, -0.2) is 0 Å². The molecular formula is C8H13N3O. The van der Waals surface area contributed by atoms with Crippen LogP contribution in [0, 0.1) is 0 Å². The molecule has 4 heteroatoms. The van der Waals surface area contributed by atoms with Crippen LogP contribution in [-0.2, 0) is 13.1 Å². The fourth-order valence-corrected chi connectivity index (χ4v) is 1.49. The summed E-state index contributed by atoms with van der Waals surface area (Å²) in [6.07, 6.45) is 1.55. The van der Waals surface area contributed by atoms with Gasteiger partial charge in [0.1, 0.15) is 0 Å². The van der Waals surface area contributed by atoms with Crippen LogP contribution in [0.5, 0.6) is 0 Å². The number of aryl methyl sites for hydroxylation is 1. The van der Waals surface area contributed by atoms with E-state index in [1.807, 2.05) is 17.8 Å². The van der Waals surface area contributed by atoms with Crippen molar-refractivity contribution >= 4 is 0 Å². The maximum atomic E-state index is 9.55. The molecule has 2 rings (SSSR count). The summed E-state index contributed by atoms with van der Waals surface area (Å²) in [5.41, 5.74) is 1.96. The average molecular weight is 167 g/mol. The van der Waals surface area contributed by atoms with Crippen LogP contribution in [0.3, 0.4) is 0 Å². The number of nitrogens with one attached hydrogen (secondary N) is 1. The highest BCUT2D eigenvalue weighted by Crippen LogP contribution is 2.19. The van der Waals surface area contributed by atoms with Crippen molar-refractivity contribution in [2.75, 3.05) is 6.54 Å². The zero-order chi connectivity index (χ0) is 8.55. The predicted octanol–water partition coefficient (Wildman–Crippen LogP) is 0.0396. The van der Waals surface area contributed by atoms with Crippen LogP contribution >= 0.6 is 0 Å². The monoisotopic (exact) mass is 167 g/mol. The fraction of sp³-hybridized carbons (Fsp3) is 0.625. The van der Waals surface area contributed by atoms with Crippen LogP contribution in [-0.4, -0.2) is 21.4 Å². The molecule has 0 spiro atoms. The highest BCUT2D eigenvalue weighted by atomic mass is 16.3. The first-order valence-corrected chi connectivity index (χ1v) is 4.26. The molecule has 1 aromatic rings. The van der Waals surface area contributed by atoms with Crippen LogP contribution in [0.2, 0.25) is 0 Å². The van der Waals surface area contributed by atoms with Gasteiger partial charge < -0.3 is 10.4 Å². The van der Waals surface area contributed by atoms with Crippen LogP contribution in [0.15, 0.2) is 6.20 Å². The van der Waals surface area contributed by atoms with Gasteiger partial charge in [-0.1, -0.05) is 0 Å². The Balaban J connectivity index is 2.37. The van der Waals surface area contributed by atoms with E-state index in [0.29, 0.717) is 6.54 Å². The highest BCUT2D eigenvalue weighted by Gasteiger charge is 2.20. The van der Waals surface area contributed by atoms with Crippen molar-refractivity contribution in [1.82, 2.24) is 15.1 Å². The van der Waals surface area contributed by atoms with E-state index in [2.05, 4.69) is 10.4 Å². The van der Waals surface area contributed by atoms with Crippen LogP contribution in [0.4, 0.5) is 0 Å². The molecule has 12 heavy (non-hydrogen) atoms. The smallest absolute Gasteiger partial charge is 0.0948 e. The summed E-state index contributed by atoms with van der Waals surface area (Å²) < 4.78 is 1.86. The van der Waals surface area contributed by atoms with E-state index in [0.717, 1.165) is 24.3 Å². The third kappa shape index (κ3) is 1.13. The van der Waals surface area contributed by atoms with Crippen molar-refractivity contribution in [3.8, 4) is 0 Å². The summed E-state index contributed by atoms with van der Waals surface area (Å²) in [5.74, 6) is 0. The Bertz CT molecular complexity index is 282. The lowest BCUT2D eigenvalue weighted by Gasteiger charge is -2.16. The SMILES string of the molecule is CCn1cc2c(n1)CNCC2O. The highest BCUT2D eigenvalue weighted by molar-refractivity contribution is 5.22. The van der Waals surface area contributed by atoms with E-state index < -0.39 is 0 Å². The van der Waals surface area contributed by atoms with E-state index in [-0.39, 0.29) is 6.10 Å². The summed E-state index contributed by atoms with van der Waals surface area (Å²) in [4.78, 5) is 0. The van der Waals surface area contributed by atoms with Gasteiger partial charge in [0.05, 0.1) is 11.8 Å². The second-order valence-electron chi connectivity index (χ2n) is 3.03. The third-order valence-corrected chi connectivity index (χ3v) is 2.18. The van der Waals surface area contributed by atoms with Crippen molar-refractivity contribution in [1.29, 1.82) is 0 Å². The molecule has 0 bridgehead atoms. The molecule has 1 aliphatic rings. The number of hydrogen-bond acceptors (Lipinski definition) is 3. The summed E-state index contributed by atoms with van der Waals surface area (Å²) in [6, 6.07) is 0. The van der Waals surface area contributed by atoms with E-state index in [4.69, 9.17) is 0 Å². The van der Waals surface area contributed by atoms with Crippen LogP contribution in [0.25, 0.3) is 0 Å². The topological polar surface area (TPSA) is 50.1 Å². The molecule has 66 valence electrons. The molecule has 1 aromatic heterocycles. The quantitative estimate of drug-likeness (QED) is 0.621. The maximum Gasteiger partial charge on any atom is 0.0948 e. The Morgan fingerprint density at radius 1 is 1.83 bits per heavy atom. The van der Waals surface area contributed by atoms with Crippen molar-refractivity contribution in [3.63, 3.8) is 0 Å². The van der Waals surface area contributed by atoms with Gasteiger partial charge in [0.25, 0.3) is 0 Å². The minimum absolute atomic E-state index is 0.381. The molecule has 2 heterocycles. The number of β-amino-alcohol motifs (C(OH)–C–C–N with tert-alkyl or cyclic N) is 1. The van der Waals surface area contributed by atoms with E-state index in [1.165, 1.54) is 0 Å². The van der Waals surface area contributed by atoms with E-state index >= 15 is 0 Å². The standard InChI is InChI=1S/C8H13N3O/c1-2-11-5-6-7(10-11)3-9-4-8(6)12/h5,8-9,12H,2-4H2,1H3. The number of aromatic nitrogens is 2. The van der Waals surface area contributed by atoms with Gasteiger partial charge in [0.15, 0.2) is 0 Å². The number of aliphatic hydroxyl groups excluding tert-OH is 1. The maximum absolute atomic E-state index is 9.55. The predicted molar refractivity (Wildman–Crippen MR) is 44.6 cm³/mol. The molecule has 1 unspecified atom stereocenters. The molecule has 1 aliphatic heterocycles. The first kappa shape index (κ1) is 7.76. The van der Waals surface area contributed by atoms with Crippen molar-refractivity contribution < 1.29 is 5.11 Å². The molecule has 2 N–H and O–H groups in total. The van der Waals surface area contributed by atoms with Gasteiger partial charge >= 0.3 is 0 Å². The first-order chi connectivity index (χ1) is 5.81. The van der Waals surface area contributed by atoms with Gasteiger partial charge in [-0.15, -0.1) is 0 Å². The molecular weight excluding hydrogens is 154 g/mol. The number of fused-ring (bicyclic) bond motifs is 1. The largest absolute Gasteiger partial charge is 0.387 e. The second-order valence-corrected chi connectivity index (χ2v) is 3.03. The van der Waals surface area contributed by atoms with Gasteiger partial charge in [-0.2, -0.15) is 5.10 Å². The van der Waals surface area contributed by atoms with Gasteiger partial charge in [-0.3, -0.25) is 4.68 Å². The second kappa shape index (κ2) is 2.88. The zero-order valence-corrected chi connectivity index (χ0v) is 7.12. The van der Waals surface area contributed by atoms with Crippen molar-refractivity contribution in [3.05, 3.63) is 17.5 Å². The van der Waals surface area contributed by atoms with Gasteiger partial charge in [0.2, 0.25) is 0 Å². The molecule has 0 radical (unpaired) electrons. The Morgan fingerprint density at radius 3 is 3.33 bits per heavy atom. The summed E-state index contributed by atoms with van der Waals surface area (Å²) in [7, 11) is 0. The fourth-order valence-electron chi connectivity index (χ4n) is 1.49. The number of hydrogen-bond donors (Lipinski definition) is 2. The molecule has 1 atom stereocenters. The summed E-state index contributed by atoms with van der Waals surface area (Å²) >= 11 is 0. The van der Waals surface area contributed by atoms with Crippen LogP contribution in [0.1, 0.15) is 24.3 Å². The Morgan fingerprint density at radius 2 is 2.67 bits per heavy atom. The first-order valence-electron chi connectivity index (χ1n) is 4.26. The lowest BCUT2D eigenvalue weighted by Crippen LogP contribution is -2.27. The van der Waals surface area contributed by atoms with E-state index in [9.17, 15) is 5.11 Å². The average Bonchev–Trinajstić information content (AvgIpc) is 2.49. The molecule has 0 fully saturated rings. The Kier molecular flexibility index (Phi) is 1.86. The van der Waals surface area contributed by atoms with Crippen molar-refractivity contribution in [2.24, 2.45) is 0 Å². The minimum Gasteiger partial charge on any atom is -0.387 e. The van der Waals surface area contributed by atoms with Crippen LogP contribution < -0.4 is 5.32 Å². The lowest BCUT2D eigenvalue weighted by atomic mass is 10.1. The summed E-state index contributed by atoms with van der Waals surface area (Å²) in [6.45, 7) is 4.32. The number of aliphatic hydroxyl groups is 1. The number of nitrogens with zero attached hydrogens (tertiary/aromatic N) is 2. The number of rotatable bonds is 1. The molecule has 4 nitrogen and oxygen atoms in total. The zero-order valence-electron chi connectivity index (χ0n) is 7.12. The summed E-state index contributed by atoms with van der Waals surface area (Å²) in [5, 5.41) is 17.0. The molecule has 0 amide bonds. The minimum atomic E-state index is -0.381. The molecule has 0 aliphatic carbocycles. The van der Waals surface area contributed by atoms with Gasteiger partial charge in [-0.05, 0) is 6.92 Å². The molecule has 0 saturated carbocycles. The third-order valence-electron chi connectivity index (χ3n) is 2.18.